The number of rotatable bonds is 2. The maximum Gasteiger partial charge on any atom is 0.00843 e. The number of nitrogens with one attached hydrogen (secondary N) is 1. The Hall–Kier alpha value is -2.80. The fourth-order valence-electron chi connectivity index (χ4n) is 2.93. The summed E-state index contributed by atoms with van der Waals surface area (Å²) in [7, 11) is 0. The summed E-state index contributed by atoms with van der Waals surface area (Å²) in [5.74, 6) is 0. The Balaban J connectivity index is 2.09. The van der Waals surface area contributed by atoms with Gasteiger partial charge in [-0.2, -0.15) is 0 Å². The molecule has 0 atom stereocenters. The van der Waals surface area contributed by atoms with Crippen LogP contribution in [0.25, 0.3) is 33.0 Å². The van der Waals surface area contributed by atoms with E-state index < -0.39 is 0 Å². The summed E-state index contributed by atoms with van der Waals surface area (Å²) >= 11 is 0. The molecule has 0 bridgehead atoms. The molecule has 1 N–H and O–H groups in total. The molecular weight excluding hydrogens is 254 g/mol. The molecular formula is C20H15N. The van der Waals surface area contributed by atoms with Gasteiger partial charge in [0.2, 0.25) is 0 Å². The number of benzene rings is 3. The van der Waals surface area contributed by atoms with Crippen molar-refractivity contribution in [3.05, 3.63) is 85.2 Å². The molecule has 1 nitrogen and oxygen atoms in total. The third kappa shape index (κ3) is 2.03. The van der Waals surface area contributed by atoms with Gasteiger partial charge in [-0.3, -0.25) is 0 Å². The highest BCUT2D eigenvalue weighted by molar-refractivity contribution is 6.06. The zero-order chi connectivity index (χ0) is 14.1. The smallest absolute Gasteiger partial charge is 0.00843 e. The molecule has 1 heteroatoms. The highest BCUT2D eigenvalue weighted by Gasteiger charge is 2.09. The number of H-pyrrole nitrogens is 1. The Bertz CT molecular complexity index is 869. The highest BCUT2D eigenvalue weighted by Crippen LogP contribution is 2.36. The van der Waals surface area contributed by atoms with E-state index in [2.05, 4.69) is 84.0 Å². The predicted octanol–water partition coefficient (Wildman–Crippen LogP) is 5.50. The van der Waals surface area contributed by atoms with Gasteiger partial charge in [-0.05, 0) is 39.1 Å². The predicted molar refractivity (Wildman–Crippen MR) is 89.2 cm³/mol. The average Bonchev–Trinajstić information content (AvgIpc) is 3.09. The summed E-state index contributed by atoms with van der Waals surface area (Å²) in [5, 5.41) is 2.58. The van der Waals surface area contributed by atoms with Crippen molar-refractivity contribution in [1.29, 1.82) is 0 Å². The largest absolute Gasteiger partial charge is 0.367 e. The minimum Gasteiger partial charge on any atom is -0.367 e. The maximum atomic E-state index is 3.15. The monoisotopic (exact) mass is 269 g/mol. The van der Waals surface area contributed by atoms with Crippen LogP contribution >= 0.6 is 0 Å². The van der Waals surface area contributed by atoms with Crippen molar-refractivity contribution >= 4 is 10.8 Å². The molecule has 0 aliphatic carbocycles. The van der Waals surface area contributed by atoms with Crippen LogP contribution in [0.1, 0.15) is 0 Å². The van der Waals surface area contributed by atoms with Gasteiger partial charge < -0.3 is 4.98 Å². The quantitative estimate of drug-likeness (QED) is 0.494. The van der Waals surface area contributed by atoms with E-state index >= 15 is 0 Å². The van der Waals surface area contributed by atoms with Crippen LogP contribution in [0.3, 0.4) is 0 Å². The van der Waals surface area contributed by atoms with Crippen LogP contribution in [0.4, 0.5) is 0 Å². The van der Waals surface area contributed by atoms with Gasteiger partial charge in [0, 0.05) is 12.4 Å². The summed E-state index contributed by atoms with van der Waals surface area (Å²) in [5.41, 5.74) is 5.04. The fraction of sp³-hybridized carbons (Fsp3) is 0. The van der Waals surface area contributed by atoms with Crippen LogP contribution in [-0.2, 0) is 0 Å². The zero-order valence-electron chi connectivity index (χ0n) is 11.6. The fourth-order valence-corrected chi connectivity index (χ4v) is 2.93. The van der Waals surface area contributed by atoms with Gasteiger partial charge in [0.15, 0.2) is 0 Å². The van der Waals surface area contributed by atoms with Crippen molar-refractivity contribution in [2.24, 2.45) is 0 Å². The third-order valence-electron chi connectivity index (χ3n) is 3.90. The minimum atomic E-state index is 1.23. The van der Waals surface area contributed by atoms with E-state index in [9.17, 15) is 0 Å². The van der Waals surface area contributed by atoms with Crippen molar-refractivity contribution in [3.8, 4) is 22.3 Å². The molecule has 0 amide bonds. The van der Waals surface area contributed by atoms with Gasteiger partial charge in [0.1, 0.15) is 0 Å². The lowest BCUT2D eigenvalue weighted by atomic mass is 9.92. The average molecular weight is 269 g/mol. The van der Waals surface area contributed by atoms with E-state index in [1.165, 1.54) is 33.0 Å². The minimum absolute atomic E-state index is 1.23. The summed E-state index contributed by atoms with van der Waals surface area (Å²) < 4.78 is 0. The number of aromatic amines is 1. The normalized spacial score (nSPS) is 10.9. The second-order valence-corrected chi connectivity index (χ2v) is 5.17. The van der Waals surface area contributed by atoms with Gasteiger partial charge in [0.05, 0.1) is 0 Å². The lowest BCUT2D eigenvalue weighted by molar-refractivity contribution is 1.41. The molecule has 0 saturated carbocycles. The van der Waals surface area contributed by atoms with Crippen molar-refractivity contribution in [3.63, 3.8) is 0 Å². The Kier molecular flexibility index (Phi) is 2.82. The van der Waals surface area contributed by atoms with Crippen molar-refractivity contribution in [2.75, 3.05) is 0 Å². The zero-order valence-corrected chi connectivity index (χ0v) is 11.6. The molecule has 0 unspecified atom stereocenters. The maximum absolute atomic E-state index is 3.15. The highest BCUT2D eigenvalue weighted by atomic mass is 14.6. The number of fused-ring (bicyclic) bond motifs is 1. The first-order valence-corrected chi connectivity index (χ1v) is 7.14. The van der Waals surface area contributed by atoms with E-state index in [4.69, 9.17) is 0 Å². The van der Waals surface area contributed by atoms with E-state index in [0.29, 0.717) is 0 Å². The molecule has 0 saturated heterocycles. The van der Waals surface area contributed by atoms with Gasteiger partial charge in [0.25, 0.3) is 0 Å². The van der Waals surface area contributed by atoms with E-state index in [0.717, 1.165) is 0 Å². The summed E-state index contributed by atoms with van der Waals surface area (Å²) in [6, 6.07) is 25.7. The third-order valence-corrected chi connectivity index (χ3v) is 3.90. The first-order chi connectivity index (χ1) is 10.4. The lowest BCUT2D eigenvalue weighted by Gasteiger charge is -2.11. The summed E-state index contributed by atoms with van der Waals surface area (Å²) in [6.07, 6.45) is 4.02. The van der Waals surface area contributed by atoms with E-state index in [-0.39, 0.29) is 0 Å². The summed E-state index contributed by atoms with van der Waals surface area (Å²) in [4.78, 5) is 3.15. The van der Waals surface area contributed by atoms with Crippen LogP contribution in [0.2, 0.25) is 0 Å². The molecule has 0 aliphatic rings. The van der Waals surface area contributed by atoms with Gasteiger partial charge >= 0.3 is 0 Å². The molecule has 0 radical (unpaired) electrons. The first kappa shape index (κ1) is 12.0. The molecule has 1 heterocycles. The standard InChI is InChI=1S/C20H15N/c1-2-6-15(7-3-1)18-10-4-8-16-9-5-11-19(20(16)18)17-12-13-21-14-17/h1-14,21H. The molecule has 21 heavy (non-hydrogen) atoms. The van der Waals surface area contributed by atoms with Crippen molar-refractivity contribution < 1.29 is 0 Å². The molecule has 4 aromatic rings. The molecule has 4 rings (SSSR count). The second kappa shape index (κ2) is 4.95. The number of aromatic nitrogens is 1. The Morgan fingerprint density at radius 3 is 1.95 bits per heavy atom. The lowest BCUT2D eigenvalue weighted by Crippen LogP contribution is -1.85. The first-order valence-electron chi connectivity index (χ1n) is 7.14. The van der Waals surface area contributed by atoms with Gasteiger partial charge in [-0.1, -0.05) is 66.7 Å². The van der Waals surface area contributed by atoms with Crippen LogP contribution in [0.15, 0.2) is 85.2 Å². The van der Waals surface area contributed by atoms with E-state index in [1.807, 2.05) is 6.20 Å². The second-order valence-electron chi connectivity index (χ2n) is 5.17. The molecule has 1 aromatic heterocycles. The number of hydrogen-bond donors (Lipinski definition) is 1. The Labute approximate surface area is 123 Å². The number of hydrogen-bond acceptors (Lipinski definition) is 0. The van der Waals surface area contributed by atoms with Crippen molar-refractivity contribution in [1.82, 2.24) is 4.98 Å². The molecule has 0 fully saturated rings. The van der Waals surface area contributed by atoms with Crippen LogP contribution in [-0.4, -0.2) is 4.98 Å². The van der Waals surface area contributed by atoms with Crippen LogP contribution in [0, 0.1) is 0 Å². The van der Waals surface area contributed by atoms with Crippen LogP contribution in [0.5, 0.6) is 0 Å². The SMILES string of the molecule is c1ccc(-c2cccc3cccc(-c4cc[nH]c4)c23)cc1. The topological polar surface area (TPSA) is 15.8 Å². The molecule has 100 valence electrons. The molecule has 0 spiro atoms. The molecule has 3 aromatic carbocycles. The van der Waals surface area contributed by atoms with Crippen LogP contribution < -0.4 is 0 Å². The van der Waals surface area contributed by atoms with Crippen molar-refractivity contribution in [2.45, 2.75) is 0 Å². The Morgan fingerprint density at radius 2 is 1.29 bits per heavy atom. The summed E-state index contributed by atoms with van der Waals surface area (Å²) in [6.45, 7) is 0. The van der Waals surface area contributed by atoms with Gasteiger partial charge in [-0.15, -0.1) is 0 Å². The van der Waals surface area contributed by atoms with Gasteiger partial charge in [-0.25, -0.2) is 0 Å². The van der Waals surface area contributed by atoms with E-state index in [1.54, 1.807) is 0 Å². The Morgan fingerprint density at radius 1 is 0.571 bits per heavy atom. The molecule has 0 aliphatic heterocycles.